The van der Waals surface area contributed by atoms with Crippen LogP contribution in [-0.4, -0.2) is 62.7 Å². The minimum absolute atomic E-state index is 0.0630. The number of piperazine rings is 1. The first-order valence-corrected chi connectivity index (χ1v) is 11.9. The summed E-state index contributed by atoms with van der Waals surface area (Å²) in [5.74, 6) is 0.536. The topological polar surface area (TPSA) is 73.8 Å². The van der Waals surface area contributed by atoms with Crippen molar-refractivity contribution < 1.29 is 13.2 Å². The smallest absolute Gasteiger partial charge is 0.255 e. The number of aromatic nitrogens is 1. The molecule has 0 N–H and O–H groups in total. The number of nitrogens with zero attached hydrogens (tertiary/aromatic N) is 4. The Morgan fingerprint density at radius 1 is 1.07 bits per heavy atom. The molecule has 2 aromatic rings. The van der Waals surface area contributed by atoms with Crippen LogP contribution in [0, 0.1) is 19.8 Å². The molecule has 1 atom stereocenters. The SMILES string of the molecule is Cc1ccc(N2CCN(C(=O)c3ccc(N4C[C@H](C)CS4(=O)=O)nc3)CC2)c(C)c1. The lowest BCUT2D eigenvalue weighted by atomic mass is 10.1. The third-order valence-corrected chi connectivity index (χ3v) is 7.82. The quantitative estimate of drug-likeness (QED) is 0.751. The number of benzene rings is 1. The number of amides is 1. The number of carbonyl (C=O) groups excluding carboxylic acids is 1. The van der Waals surface area contributed by atoms with E-state index in [2.05, 4.69) is 41.9 Å². The van der Waals surface area contributed by atoms with E-state index in [0.717, 1.165) is 13.1 Å². The molecule has 0 radical (unpaired) electrons. The summed E-state index contributed by atoms with van der Waals surface area (Å²) < 4.78 is 25.8. The van der Waals surface area contributed by atoms with Gasteiger partial charge in [-0.1, -0.05) is 24.6 Å². The zero-order valence-electron chi connectivity index (χ0n) is 17.7. The van der Waals surface area contributed by atoms with E-state index in [1.165, 1.54) is 27.3 Å². The zero-order valence-corrected chi connectivity index (χ0v) is 18.5. The van der Waals surface area contributed by atoms with Crippen molar-refractivity contribution in [1.29, 1.82) is 0 Å². The summed E-state index contributed by atoms with van der Waals surface area (Å²) in [7, 11) is -3.31. The van der Waals surface area contributed by atoms with Crippen LogP contribution in [0.4, 0.5) is 11.5 Å². The van der Waals surface area contributed by atoms with Crippen LogP contribution in [-0.2, 0) is 10.0 Å². The van der Waals surface area contributed by atoms with Gasteiger partial charge in [0.15, 0.2) is 0 Å². The lowest BCUT2D eigenvalue weighted by Crippen LogP contribution is -2.49. The van der Waals surface area contributed by atoms with Crippen molar-refractivity contribution in [2.75, 3.05) is 47.7 Å². The molecule has 7 nitrogen and oxygen atoms in total. The van der Waals surface area contributed by atoms with Crippen LogP contribution in [0.15, 0.2) is 36.5 Å². The molecule has 2 aliphatic heterocycles. The van der Waals surface area contributed by atoms with Crippen LogP contribution in [0.5, 0.6) is 0 Å². The van der Waals surface area contributed by atoms with E-state index in [0.29, 0.717) is 31.0 Å². The summed E-state index contributed by atoms with van der Waals surface area (Å²) >= 11 is 0. The van der Waals surface area contributed by atoms with E-state index in [9.17, 15) is 13.2 Å². The number of rotatable bonds is 3. The first-order chi connectivity index (χ1) is 14.2. The van der Waals surface area contributed by atoms with Gasteiger partial charge in [0.05, 0.1) is 11.3 Å². The van der Waals surface area contributed by atoms with Gasteiger partial charge in [-0.15, -0.1) is 0 Å². The number of aryl methyl sites for hydroxylation is 2. The van der Waals surface area contributed by atoms with Gasteiger partial charge < -0.3 is 9.80 Å². The molecule has 1 aromatic heterocycles. The molecule has 0 unspecified atom stereocenters. The van der Waals surface area contributed by atoms with Gasteiger partial charge in [-0.2, -0.15) is 0 Å². The number of sulfonamides is 1. The van der Waals surface area contributed by atoms with Crippen molar-refractivity contribution in [1.82, 2.24) is 9.88 Å². The second-order valence-corrected chi connectivity index (χ2v) is 10.3. The third-order valence-electron chi connectivity index (χ3n) is 5.82. The Balaban J connectivity index is 1.41. The van der Waals surface area contributed by atoms with Crippen molar-refractivity contribution >= 4 is 27.4 Å². The Morgan fingerprint density at radius 3 is 2.37 bits per heavy atom. The molecule has 3 heterocycles. The van der Waals surface area contributed by atoms with Crippen LogP contribution in [0.2, 0.25) is 0 Å². The molecule has 0 aliphatic carbocycles. The Labute approximate surface area is 178 Å². The summed E-state index contributed by atoms with van der Waals surface area (Å²) in [6.07, 6.45) is 1.49. The molecule has 0 spiro atoms. The van der Waals surface area contributed by atoms with Crippen molar-refractivity contribution in [3.8, 4) is 0 Å². The maximum Gasteiger partial charge on any atom is 0.255 e. The Bertz CT molecular complexity index is 1040. The second kappa shape index (κ2) is 7.91. The molecule has 2 saturated heterocycles. The number of hydrogen-bond acceptors (Lipinski definition) is 5. The number of anilines is 2. The van der Waals surface area contributed by atoms with Crippen molar-refractivity contribution in [2.24, 2.45) is 5.92 Å². The minimum Gasteiger partial charge on any atom is -0.368 e. The summed E-state index contributed by atoms with van der Waals surface area (Å²) in [6, 6.07) is 9.77. The Hall–Kier alpha value is -2.61. The number of hydrogen-bond donors (Lipinski definition) is 0. The monoisotopic (exact) mass is 428 g/mol. The lowest BCUT2D eigenvalue weighted by molar-refractivity contribution is 0.0746. The zero-order chi connectivity index (χ0) is 21.5. The van der Waals surface area contributed by atoms with E-state index >= 15 is 0 Å². The predicted octanol–water partition coefficient (Wildman–Crippen LogP) is 2.45. The third kappa shape index (κ3) is 4.01. The maximum atomic E-state index is 12.9. The molecule has 4 rings (SSSR count). The Morgan fingerprint density at radius 2 is 1.80 bits per heavy atom. The van der Waals surface area contributed by atoms with Gasteiger partial charge in [-0.3, -0.25) is 9.10 Å². The highest BCUT2D eigenvalue weighted by atomic mass is 32.2. The molecule has 2 aliphatic rings. The highest BCUT2D eigenvalue weighted by molar-refractivity contribution is 7.93. The fourth-order valence-electron chi connectivity index (χ4n) is 4.29. The van der Waals surface area contributed by atoms with Gasteiger partial charge >= 0.3 is 0 Å². The first kappa shape index (κ1) is 20.7. The largest absolute Gasteiger partial charge is 0.368 e. The maximum absolute atomic E-state index is 12.9. The molecular formula is C22H28N4O3S. The molecule has 0 saturated carbocycles. The summed E-state index contributed by atoms with van der Waals surface area (Å²) in [5, 5.41) is 0. The van der Waals surface area contributed by atoms with Crippen molar-refractivity contribution in [2.45, 2.75) is 20.8 Å². The average molecular weight is 429 g/mol. The van der Waals surface area contributed by atoms with Crippen LogP contribution in [0.3, 0.4) is 0 Å². The molecule has 2 fully saturated rings. The van der Waals surface area contributed by atoms with Crippen LogP contribution in [0.1, 0.15) is 28.4 Å². The molecular weight excluding hydrogens is 400 g/mol. The van der Waals surface area contributed by atoms with E-state index in [1.54, 1.807) is 12.1 Å². The van der Waals surface area contributed by atoms with E-state index < -0.39 is 10.0 Å². The molecule has 30 heavy (non-hydrogen) atoms. The van der Waals surface area contributed by atoms with Crippen molar-refractivity contribution in [3.05, 3.63) is 53.2 Å². The summed E-state index contributed by atoms with van der Waals surface area (Å²) in [6.45, 7) is 9.41. The predicted molar refractivity (Wildman–Crippen MR) is 119 cm³/mol. The van der Waals surface area contributed by atoms with Gasteiger partial charge in [0, 0.05) is 44.6 Å². The van der Waals surface area contributed by atoms with Crippen LogP contribution >= 0.6 is 0 Å². The van der Waals surface area contributed by atoms with E-state index in [4.69, 9.17) is 0 Å². The van der Waals surface area contributed by atoms with Gasteiger partial charge in [0.2, 0.25) is 10.0 Å². The highest BCUT2D eigenvalue weighted by Gasteiger charge is 2.34. The first-order valence-electron chi connectivity index (χ1n) is 10.3. The molecule has 0 bridgehead atoms. The molecule has 1 aromatic carbocycles. The van der Waals surface area contributed by atoms with E-state index in [-0.39, 0.29) is 17.6 Å². The highest BCUT2D eigenvalue weighted by Crippen LogP contribution is 2.26. The second-order valence-electron chi connectivity index (χ2n) is 8.39. The summed E-state index contributed by atoms with van der Waals surface area (Å²) in [4.78, 5) is 21.3. The number of pyridine rings is 1. The average Bonchev–Trinajstić information content (AvgIpc) is 3.00. The van der Waals surface area contributed by atoms with Gasteiger partial charge in [-0.25, -0.2) is 13.4 Å². The lowest BCUT2D eigenvalue weighted by Gasteiger charge is -2.37. The fraction of sp³-hybridized carbons (Fsp3) is 0.455. The van der Waals surface area contributed by atoms with Gasteiger partial charge in [0.25, 0.3) is 5.91 Å². The standard InChI is InChI=1S/C22H28N4O3S/c1-16-4-6-20(18(3)12-16)24-8-10-25(11-9-24)22(27)19-5-7-21(23-13-19)26-14-17(2)15-30(26,28)29/h4-7,12-13,17H,8-11,14-15H2,1-3H3/t17-/m0/s1. The van der Waals surface area contributed by atoms with Crippen LogP contribution in [0.25, 0.3) is 0 Å². The molecule has 160 valence electrons. The summed E-state index contributed by atoms with van der Waals surface area (Å²) in [5.41, 5.74) is 4.21. The van der Waals surface area contributed by atoms with Crippen LogP contribution < -0.4 is 9.21 Å². The van der Waals surface area contributed by atoms with Gasteiger partial charge in [-0.05, 0) is 43.5 Å². The number of carbonyl (C=O) groups is 1. The normalized spacial score (nSPS) is 21.2. The van der Waals surface area contributed by atoms with E-state index in [1.807, 2.05) is 11.8 Å². The fourth-order valence-corrected chi connectivity index (χ4v) is 6.17. The van der Waals surface area contributed by atoms with Gasteiger partial charge in [0.1, 0.15) is 5.82 Å². The molecule has 1 amide bonds. The minimum atomic E-state index is -3.31. The van der Waals surface area contributed by atoms with Crippen molar-refractivity contribution in [3.63, 3.8) is 0 Å². The molecule has 8 heteroatoms. The Kier molecular flexibility index (Phi) is 5.44.